The third kappa shape index (κ3) is 4.66. The van der Waals surface area contributed by atoms with Gasteiger partial charge in [-0.2, -0.15) is 0 Å². The van der Waals surface area contributed by atoms with E-state index in [-0.39, 0.29) is 46.0 Å². The van der Waals surface area contributed by atoms with E-state index in [9.17, 15) is 14.9 Å². The molecule has 0 saturated heterocycles. The first kappa shape index (κ1) is 24.8. The van der Waals surface area contributed by atoms with Crippen molar-refractivity contribution in [3.05, 3.63) is 67.8 Å². The summed E-state index contributed by atoms with van der Waals surface area (Å²) in [7, 11) is 2.89. The minimum atomic E-state index is -0.488. The Hall–Kier alpha value is -3.28. The van der Waals surface area contributed by atoms with Gasteiger partial charge in [-0.3, -0.25) is 19.9 Å². The average Bonchev–Trinajstić information content (AvgIpc) is 2.86. The van der Waals surface area contributed by atoms with Crippen LogP contribution in [0.3, 0.4) is 0 Å². The summed E-state index contributed by atoms with van der Waals surface area (Å²) in [5, 5.41) is 12.0. The SMILES string of the molecule is COc1cc(OC)c(Cl)c(N2Cc3cnc(SC)nc3N(Cc3cccc([N+](=O)[O-])c3)C2=O)c1Cl. The lowest BCUT2D eigenvalue weighted by Crippen LogP contribution is -2.47. The molecule has 2 heterocycles. The Morgan fingerprint density at radius 2 is 1.86 bits per heavy atom. The molecule has 0 N–H and O–H groups in total. The first-order valence-corrected chi connectivity index (χ1v) is 12.1. The first-order valence-electron chi connectivity index (χ1n) is 10.1. The van der Waals surface area contributed by atoms with Crippen molar-refractivity contribution in [1.82, 2.24) is 9.97 Å². The van der Waals surface area contributed by atoms with E-state index in [4.69, 9.17) is 32.7 Å². The van der Waals surface area contributed by atoms with Crippen molar-refractivity contribution < 1.29 is 19.2 Å². The van der Waals surface area contributed by atoms with Gasteiger partial charge in [-0.15, -0.1) is 0 Å². The molecule has 35 heavy (non-hydrogen) atoms. The standard InChI is InChI=1S/C22H19Cl2N5O5S/c1-33-15-8-16(34-2)18(24)19(17(15)23)27-11-13-9-25-21(35-3)26-20(13)28(22(27)30)10-12-5-4-6-14(7-12)29(31)32/h4-9H,10-11H2,1-3H3. The number of anilines is 2. The van der Waals surface area contributed by atoms with Crippen LogP contribution in [-0.4, -0.2) is 41.4 Å². The number of nitrogens with zero attached hydrogens (tertiary/aromatic N) is 5. The van der Waals surface area contributed by atoms with Crippen LogP contribution < -0.4 is 19.3 Å². The van der Waals surface area contributed by atoms with Crippen LogP contribution in [0.15, 0.2) is 41.7 Å². The van der Waals surface area contributed by atoms with E-state index in [2.05, 4.69) is 9.97 Å². The van der Waals surface area contributed by atoms with Gasteiger partial charge in [0.05, 0.1) is 37.9 Å². The van der Waals surface area contributed by atoms with E-state index in [0.29, 0.717) is 22.1 Å². The van der Waals surface area contributed by atoms with E-state index >= 15 is 0 Å². The normalized spacial score (nSPS) is 13.0. The van der Waals surface area contributed by atoms with Gasteiger partial charge in [-0.25, -0.2) is 14.8 Å². The Balaban J connectivity index is 1.86. The number of thioether (sulfide) groups is 1. The molecule has 10 nitrogen and oxygen atoms in total. The Bertz CT molecular complexity index is 1300. The number of rotatable bonds is 7. The molecule has 0 fully saturated rings. The molecule has 2 amide bonds. The van der Waals surface area contributed by atoms with E-state index in [1.807, 2.05) is 6.26 Å². The molecule has 182 valence electrons. The number of benzene rings is 2. The van der Waals surface area contributed by atoms with Crippen LogP contribution in [0.25, 0.3) is 0 Å². The predicted molar refractivity (Wildman–Crippen MR) is 134 cm³/mol. The van der Waals surface area contributed by atoms with Crippen LogP contribution in [0, 0.1) is 10.1 Å². The zero-order valence-corrected chi connectivity index (χ0v) is 21.1. The van der Waals surface area contributed by atoms with E-state index < -0.39 is 11.0 Å². The maximum Gasteiger partial charge on any atom is 0.330 e. The van der Waals surface area contributed by atoms with Gasteiger partial charge >= 0.3 is 6.03 Å². The molecular formula is C22H19Cl2N5O5S. The Morgan fingerprint density at radius 3 is 2.46 bits per heavy atom. The van der Waals surface area contributed by atoms with Gasteiger partial charge in [0.1, 0.15) is 27.4 Å². The highest BCUT2D eigenvalue weighted by atomic mass is 35.5. The van der Waals surface area contributed by atoms with Gasteiger partial charge in [0.15, 0.2) is 5.16 Å². The molecule has 0 saturated carbocycles. The van der Waals surface area contributed by atoms with Crippen LogP contribution in [0.2, 0.25) is 10.0 Å². The number of nitro benzene ring substituents is 1. The van der Waals surface area contributed by atoms with Gasteiger partial charge in [-0.1, -0.05) is 47.1 Å². The Morgan fingerprint density at radius 1 is 1.17 bits per heavy atom. The van der Waals surface area contributed by atoms with Crippen LogP contribution in [0.1, 0.15) is 11.1 Å². The molecule has 3 aromatic rings. The number of carbonyl (C=O) groups is 1. The van der Waals surface area contributed by atoms with Crippen molar-refractivity contribution in [3.63, 3.8) is 0 Å². The fourth-order valence-corrected chi connectivity index (χ4v) is 4.72. The number of halogens is 2. The predicted octanol–water partition coefficient (Wildman–Crippen LogP) is 5.58. The van der Waals surface area contributed by atoms with Gasteiger partial charge in [0.2, 0.25) is 0 Å². The molecule has 0 aliphatic carbocycles. The summed E-state index contributed by atoms with van der Waals surface area (Å²) < 4.78 is 10.7. The van der Waals surface area contributed by atoms with Crippen LogP contribution in [0.4, 0.5) is 22.0 Å². The number of nitro groups is 1. The van der Waals surface area contributed by atoms with Crippen LogP contribution in [-0.2, 0) is 13.1 Å². The molecule has 13 heteroatoms. The summed E-state index contributed by atoms with van der Waals surface area (Å²) >= 11 is 14.5. The topological polar surface area (TPSA) is 111 Å². The highest BCUT2D eigenvalue weighted by molar-refractivity contribution is 7.98. The number of ether oxygens (including phenoxy) is 2. The summed E-state index contributed by atoms with van der Waals surface area (Å²) in [6.07, 6.45) is 3.46. The Labute approximate surface area is 214 Å². The van der Waals surface area contributed by atoms with E-state index in [1.165, 1.54) is 54.0 Å². The summed E-state index contributed by atoms with van der Waals surface area (Å²) in [6.45, 7) is 0.106. The zero-order chi connectivity index (χ0) is 25.3. The fourth-order valence-electron chi connectivity index (χ4n) is 3.68. The first-order chi connectivity index (χ1) is 16.8. The lowest BCUT2D eigenvalue weighted by Gasteiger charge is -2.37. The van der Waals surface area contributed by atoms with Gasteiger partial charge in [-0.05, 0) is 11.8 Å². The molecule has 0 unspecified atom stereocenters. The maximum absolute atomic E-state index is 13.9. The summed E-state index contributed by atoms with van der Waals surface area (Å²) in [6, 6.07) is 7.12. The second kappa shape index (κ2) is 10.1. The van der Waals surface area contributed by atoms with Crippen molar-refractivity contribution in [3.8, 4) is 11.5 Å². The number of amides is 2. The lowest BCUT2D eigenvalue weighted by atomic mass is 10.1. The van der Waals surface area contributed by atoms with Crippen molar-refractivity contribution >= 4 is 58.2 Å². The molecule has 1 aliphatic rings. The number of fused-ring (bicyclic) bond motifs is 1. The molecule has 0 atom stereocenters. The highest BCUT2D eigenvalue weighted by Gasteiger charge is 2.36. The Kier molecular flexibility index (Phi) is 7.20. The number of carbonyl (C=O) groups excluding carboxylic acids is 1. The van der Waals surface area contributed by atoms with Crippen LogP contribution >= 0.6 is 35.0 Å². The fraction of sp³-hybridized carbons (Fsp3) is 0.227. The summed E-state index contributed by atoms with van der Waals surface area (Å²) in [5.74, 6) is 0.959. The molecule has 0 bridgehead atoms. The molecule has 1 aromatic heterocycles. The van der Waals surface area contributed by atoms with Gasteiger partial charge in [0.25, 0.3) is 5.69 Å². The number of aromatic nitrogens is 2. The van der Waals surface area contributed by atoms with E-state index in [0.717, 1.165) is 0 Å². The van der Waals surface area contributed by atoms with Crippen molar-refractivity contribution in [1.29, 1.82) is 0 Å². The van der Waals surface area contributed by atoms with Gasteiger partial charge in [0, 0.05) is 30.0 Å². The van der Waals surface area contributed by atoms with E-state index in [1.54, 1.807) is 18.3 Å². The number of hydrogen-bond acceptors (Lipinski definition) is 8. The highest BCUT2D eigenvalue weighted by Crippen LogP contribution is 2.48. The van der Waals surface area contributed by atoms with Crippen LogP contribution in [0.5, 0.6) is 11.5 Å². The number of methoxy groups -OCH3 is 2. The number of hydrogen-bond donors (Lipinski definition) is 0. The second-order valence-electron chi connectivity index (χ2n) is 7.35. The summed E-state index contributed by atoms with van der Waals surface area (Å²) in [5.41, 5.74) is 1.31. The molecule has 0 radical (unpaired) electrons. The molecule has 2 aromatic carbocycles. The quantitative estimate of drug-likeness (QED) is 0.167. The van der Waals surface area contributed by atoms with Crippen molar-refractivity contribution in [2.75, 3.05) is 30.3 Å². The monoisotopic (exact) mass is 535 g/mol. The molecule has 0 spiro atoms. The maximum atomic E-state index is 13.9. The minimum absolute atomic E-state index is 0.0190. The lowest BCUT2D eigenvalue weighted by molar-refractivity contribution is -0.384. The second-order valence-corrected chi connectivity index (χ2v) is 8.87. The van der Waals surface area contributed by atoms with Gasteiger partial charge < -0.3 is 9.47 Å². The zero-order valence-electron chi connectivity index (χ0n) is 18.8. The summed E-state index contributed by atoms with van der Waals surface area (Å²) in [4.78, 5) is 36.3. The molecule has 1 aliphatic heterocycles. The third-order valence-electron chi connectivity index (χ3n) is 5.33. The average molecular weight is 536 g/mol. The third-order valence-corrected chi connectivity index (χ3v) is 6.62. The smallest absolute Gasteiger partial charge is 0.330 e. The molecular weight excluding hydrogens is 517 g/mol. The number of non-ortho nitro benzene ring substituents is 1. The van der Waals surface area contributed by atoms with Crippen molar-refractivity contribution in [2.45, 2.75) is 18.2 Å². The minimum Gasteiger partial charge on any atom is -0.495 e. The largest absolute Gasteiger partial charge is 0.495 e. The molecule has 4 rings (SSSR count). The van der Waals surface area contributed by atoms with Crippen molar-refractivity contribution in [2.24, 2.45) is 0 Å². The number of urea groups is 1.